The van der Waals surface area contributed by atoms with Crippen LogP contribution in [0.25, 0.3) is 0 Å². The van der Waals surface area contributed by atoms with Crippen LogP contribution in [0, 0.1) is 11.6 Å². The van der Waals surface area contributed by atoms with Gasteiger partial charge in [-0.25, -0.2) is 8.78 Å². The molecule has 1 heterocycles. The molecule has 0 aromatic heterocycles. The molecular weight excluding hydrogens is 236 g/mol. The standard InChI is InChI=1S/C14H19F2NO/c1-10(11-5-6-13(15)14(16)8-11)17-9-12-4-2-3-7-18-12/h5-6,8,10,12,17H,2-4,7,9H2,1H3. The smallest absolute Gasteiger partial charge is 0.159 e. The molecule has 1 fully saturated rings. The van der Waals surface area contributed by atoms with Crippen molar-refractivity contribution in [3.8, 4) is 0 Å². The van der Waals surface area contributed by atoms with Gasteiger partial charge in [0.25, 0.3) is 0 Å². The van der Waals surface area contributed by atoms with Crippen LogP contribution in [0.1, 0.15) is 37.8 Å². The van der Waals surface area contributed by atoms with Gasteiger partial charge >= 0.3 is 0 Å². The Bertz CT molecular complexity index is 391. The molecule has 4 heteroatoms. The number of nitrogens with one attached hydrogen (secondary N) is 1. The van der Waals surface area contributed by atoms with Crippen LogP contribution in [0.3, 0.4) is 0 Å². The Morgan fingerprint density at radius 3 is 2.83 bits per heavy atom. The van der Waals surface area contributed by atoms with E-state index in [1.54, 1.807) is 6.07 Å². The van der Waals surface area contributed by atoms with E-state index in [-0.39, 0.29) is 12.1 Å². The fourth-order valence-electron chi connectivity index (χ4n) is 2.18. The Morgan fingerprint density at radius 2 is 2.17 bits per heavy atom. The van der Waals surface area contributed by atoms with Crippen molar-refractivity contribution in [1.82, 2.24) is 5.32 Å². The van der Waals surface area contributed by atoms with Crippen LogP contribution >= 0.6 is 0 Å². The van der Waals surface area contributed by atoms with Crippen molar-refractivity contribution in [3.63, 3.8) is 0 Å². The first-order valence-corrected chi connectivity index (χ1v) is 6.47. The Morgan fingerprint density at radius 1 is 1.33 bits per heavy atom. The molecule has 100 valence electrons. The van der Waals surface area contributed by atoms with Crippen LogP contribution < -0.4 is 5.32 Å². The molecule has 2 rings (SSSR count). The zero-order chi connectivity index (χ0) is 13.0. The second-order valence-corrected chi connectivity index (χ2v) is 4.79. The van der Waals surface area contributed by atoms with Crippen LogP contribution in [-0.2, 0) is 4.74 Å². The molecule has 1 aromatic rings. The highest BCUT2D eigenvalue weighted by molar-refractivity contribution is 5.20. The van der Waals surface area contributed by atoms with Crippen LogP contribution in [0.15, 0.2) is 18.2 Å². The van der Waals surface area contributed by atoms with Crippen LogP contribution in [0.5, 0.6) is 0 Å². The van der Waals surface area contributed by atoms with Crippen molar-refractivity contribution in [2.24, 2.45) is 0 Å². The molecule has 0 aliphatic carbocycles. The van der Waals surface area contributed by atoms with Gasteiger partial charge in [0, 0.05) is 19.2 Å². The summed E-state index contributed by atoms with van der Waals surface area (Å²) in [5, 5.41) is 3.30. The number of rotatable bonds is 4. The van der Waals surface area contributed by atoms with E-state index in [1.165, 1.54) is 18.6 Å². The predicted molar refractivity (Wildman–Crippen MR) is 66.4 cm³/mol. The monoisotopic (exact) mass is 255 g/mol. The molecule has 18 heavy (non-hydrogen) atoms. The summed E-state index contributed by atoms with van der Waals surface area (Å²) in [6.45, 7) is 3.52. The van der Waals surface area contributed by atoms with E-state index < -0.39 is 11.6 Å². The van der Waals surface area contributed by atoms with Crippen molar-refractivity contribution in [2.75, 3.05) is 13.2 Å². The third kappa shape index (κ3) is 3.50. The first-order valence-electron chi connectivity index (χ1n) is 6.47. The van der Waals surface area contributed by atoms with Crippen molar-refractivity contribution in [3.05, 3.63) is 35.4 Å². The molecule has 1 aromatic carbocycles. The van der Waals surface area contributed by atoms with Gasteiger partial charge in [0.2, 0.25) is 0 Å². The second-order valence-electron chi connectivity index (χ2n) is 4.79. The largest absolute Gasteiger partial charge is 0.377 e. The van der Waals surface area contributed by atoms with Crippen molar-refractivity contribution >= 4 is 0 Å². The zero-order valence-electron chi connectivity index (χ0n) is 10.6. The van der Waals surface area contributed by atoms with Crippen molar-refractivity contribution in [1.29, 1.82) is 0 Å². The minimum atomic E-state index is -0.804. The van der Waals surface area contributed by atoms with Crippen molar-refractivity contribution < 1.29 is 13.5 Å². The minimum absolute atomic E-state index is 0.00868. The van der Waals surface area contributed by atoms with Crippen LogP contribution in [-0.4, -0.2) is 19.3 Å². The highest BCUT2D eigenvalue weighted by atomic mass is 19.2. The lowest BCUT2D eigenvalue weighted by Crippen LogP contribution is -2.33. The summed E-state index contributed by atoms with van der Waals surface area (Å²) in [7, 11) is 0. The van der Waals surface area contributed by atoms with Crippen LogP contribution in [0.2, 0.25) is 0 Å². The fraction of sp³-hybridized carbons (Fsp3) is 0.571. The molecule has 1 saturated heterocycles. The quantitative estimate of drug-likeness (QED) is 0.892. The average Bonchev–Trinajstić information content (AvgIpc) is 2.40. The fourth-order valence-corrected chi connectivity index (χ4v) is 2.18. The summed E-state index contributed by atoms with van der Waals surface area (Å²) in [5.74, 6) is -1.60. The van der Waals surface area contributed by atoms with E-state index in [9.17, 15) is 8.78 Å². The maximum atomic E-state index is 13.1. The molecule has 2 atom stereocenters. The topological polar surface area (TPSA) is 21.3 Å². The normalized spacial score (nSPS) is 21.8. The van der Waals surface area contributed by atoms with E-state index in [0.717, 1.165) is 31.6 Å². The lowest BCUT2D eigenvalue weighted by molar-refractivity contribution is 0.0156. The lowest BCUT2D eigenvalue weighted by Gasteiger charge is -2.25. The molecule has 2 unspecified atom stereocenters. The van der Waals surface area contributed by atoms with Gasteiger partial charge in [-0.05, 0) is 43.9 Å². The second kappa shape index (κ2) is 6.25. The number of ether oxygens (including phenoxy) is 1. The third-order valence-corrected chi connectivity index (χ3v) is 3.37. The van der Waals surface area contributed by atoms with Gasteiger partial charge in [-0.2, -0.15) is 0 Å². The van der Waals surface area contributed by atoms with E-state index in [1.807, 2.05) is 6.92 Å². The molecule has 0 spiro atoms. The van der Waals surface area contributed by atoms with Gasteiger partial charge in [-0.1, -0.05) is 6.07 Å². The Balaban J connectivity index is 1.86. The minimum Gasteiger partial charge on any atom is -0.377 e. The van der Waals surface area contributed by atoms with Gasteiger partial charge in [0.1, 0.15) is 0 Å². The summed E-state index contributed by atoms with van der Waals surface area (Å²) < 4.78 is 31.5. The molecule has 0 bridgehead atoms. The Kier molecular flexibility index (Phi) is 4.66. The molecule has 1 aliphatic heterocycles. The summed E-state index contributed by atoms with van der Waals surface area (Å²) in [6, 6.07) is 4.01. The molecular formula is C14H19F2NO. The summed E-state index contributed by atoms with van der Waals surface area (Å²) in [4.78, 5) is 0. The molecule has 0 radical (unpaired) electrons. The Hall–Kier alpha value is -1.00. The van der Waals surface area contributed by atoms with Crippen LogP contribution in [0.4, 0.5) is 8.78 Å². The summed E-state index contributed by atoms with van der Waals surface area (Å²) in [5.41, 5.74) is 0.754. The maximum Gasteiger partial charge on any atom is 0.159 e. The van der Waals surface area contributed by atoms with Gasteiger partial charge in [0.05, 0.1) is 6.10 Å². The Labute approximate surface area is 106 Å². The molecule has 1 N–H and O–H groups in total. The molecule has 0 saturated carbocycles. The van der Waals surface area contributed by atoms with E-state index in [0.29, 0.717) is 0 Å². The van der Waals surface area contributed by atoms with Gasteiger partial charge < -0.3 is 10.1 Å². The SMILES string of the molecule is CC(NCC1CCCCO1)c1ccc(F)c(F)c1. The van der Waals surface area contributed by atoms with E-state index >= 15 is 0 Å². The van der Waals surface area contributed by atoms with Gasteiger partial charge in [-0.3, -0.25) is 0 Å². The molecule has 0 amide bonds. The highest BCUT2D eigenvalue weighted by Crippen LogP contribution is 2.17. The third-order valence-electron chi connectivity index (χ3n) is 3.37. The number of hydrogen-bond donors (Lipinski definition) is 1. The number of benzene rings is 1. The summed E-state index contributed by atoms with van der Waals surface area (Å²) >= 11 is 0. The zero-order valence-corrected chi connectivity index (χ0v) is 10.6. The lowest BCUT2D eigenvalue weighted by atomic mass is 10.1. The van der Waals surface area contributed by atoms with Gasteiger partial charge in [-0.15, -0.1) is 0 Å². The molecule has 1 aliphatic rings. The maximum absolute atomic E-state index is 13.1. The number of hydrogen-bond acceptors (Lipinski definition) is 2. The van der Waals surface area contributed by atoms with E-state index in [2.05, 4.69) is 5.32 Å². The summed E-state index contributed by atoms with van der Waals surface area (Å²) in [6.07, 6.45) is 3.64. The van der Waals surface area contributed by atoms with E-state index in [4.69, 9.17) is 4.74 Å². The van der Waals surface area contributed by atoms with Gasteiger partial charge in [0.15, 0.2) is 11.6 Å². The predicted octanol–water partition coefficient (Wildman–Crippen LogP) is 3.18. The first-order chi connectivity index (χ1) is 8.66. The highest BCUT2D eigenvalue weighted by Gasteiger charge is 2.15. The molecule has 2 nitrogen and oxygen atoms in total. The number of halogens is 2. The van der Waals surface area contributed by atoms with Crippen molar-refractivity contribution in [2.45, 2.75) is 38.3 Å². The first kappa shape index (κ1) is 13.4. The average molecular weight is 255 g/mol.